The first-order valence-electron chi connectivity index (χ1n) is 5.17. The topological polar surface area (TPSA) is 70.2 Å². The monoisotopic (exact) mass is 313 g/mol. The summed E-state index contributed by atoms with van der Waals surface area (Å²) in [6, 6.07) is 8.10. The quantitative estimate of drug-likeness (QED) is 0.657. The van der Waals surface area contributed by atoms with Gasteiger partial charge in [-0.2, -0.15) is 0 Å². The highest BCUT2D eigenvalue weighted by atomic mass is 35.5. The highest BCUT2D eigenvalue weighted by Gasteiger charge is 2.23. The van der Waals surface area contributed by atoms with Crippen molar-refractivity contribution in [3.05, 3.63) is 50.6 Å². The van der Waals surface area contributed by atoms with E-state index < -0.39 is 5.91 Å². The molecule has 98 valence electrons. The van der Waals surface area contributed by atoms with Crippen LogP contribution >= 0.6 is 34.5 Å². The third kappa shape index (κ3) is 2.89. The van der Waals surface area contributed by atoms with E-state index in [9.17, 15) is 4.79 Å². The van der Waals surface area contributed by atoms with Crippen LogP contribution in [0.1, 0.15) is 9.67 Å². The van der Waals surface area contributed by atoms with Crippen molar-refractivity contribution in [2.75, 3.05) is 4.90 Å². The lowest BCUT2D eigenvalue weighted by Gasteiger charge is -2.20. The fourth-order valence-corrected chi connectivity index (χ4v) is 2.69. The van der Waals surface area contributed by atoms with Gasteiger partial charge in [0.05, 0.1) is 10.7 Å². The number of guanidine groups is 1. The normalized spacial score (nSPS) is 10.2. The van der Waals surface area contributed by atoms with Crippen molar-refractivity contribution in [2.24, 2.45) is 5.73 Å². The summed E-state index contributed by atoms with van der Waals surface area (Å²) in [6.07, 6.45) is 0. The Hall–Kier alpha value is -1.56. The second-order valence-electron chi connectivity index (χ2n) is 3.60. The van der Waals surface area contributed by atoms with Gasteiger partial charge in [-0.15, -0.1) is 11.3 Å². The number of nitrogens with two attached hydrogens (primary N) is 1. The second kappa shape index (κ2) is 5.61. The number of nitrogens with zero attached hydrogens (tertiary/aromatic N) is 1. The third-order valence-corrected chi connectivity index (χ3v) is 3.92. The summed E-state index contributed by atoms with van der Waals surface area (Å²) in [5, 5.41) is 10.1. The lowest BCUT2D eigenvalue weighted by molar-refractivity contribution is 0.101. The maximum Gasteiger partial charge on any atom is 0.276 e. The molecule has 0 saturated carbocycles. The molecule has 3 N–H and O–H groups in total. The number of hydrogen-bond acceptors (Lipinski definition) is 3. The van der Waals surface area contributed by atoms with E-state index in [1.54, 1.807) is 35.7 Å². The van der Waals surface area contributed by atoms with Crippen molar-refractivity contribution in [3.8, 4) is 0 Å². The van der Waals surface area contributed by atoms with E-state index in [-0.39, 0.29) is 5.96 Å². The van der Waals surface area contributed by atoms with Crippen LogP contribution in [0.5, 0.6) is 0 Å². The Kier molecular flexibility index (Phi) is 4.09. The molecule has 0 aliphatic carbocycles. The van der Waals surface area contributed by atoms with E-state index in [4.69, 9.17) is 34.3 Å². The fourth-order valence-electron chi connectivity index (χ4n) is 1.50. The number of thiophene rings is 1. The summed E-state index contributed by atoms with van der Waals surface area (Å²) in [5.41, 5.74) is 5.95. The van der Waals surface area contributed by atoms with E-state index in [0.717, 1.165) is 4.90 Å². The van der Waals surface area contributed by atoms with Gasteiger partial charge >= 0.3 is 0 Å². The van der Waals surface area contributed by atoms with Gasteiger partial charge in [-0.25, -0.2) is 4.90 Å². The van der Waals surface area contributed by atoms with Gasteiger partial charge in [-0.3, -0.25) is 10.2 Å². The number of carbonyl (C=O) groups excluding carboxylic acids is 1. The highest BCUT2D eigenvalue weighted by molar-refractivity contribution is 7.13. The van der Waals surface area contributed by atoms with Crippen LogP contribution in [-0.2, 0) is 0 Å². The van der Waals surface area contributed by atoms with Crippen LogP contribution in [0, 0.1) is 5.41 Å². The van der Waals surface area contributed by atoms with Crippen molar-refractivity contribution in [1.29, 1.82) is 5.41 Å². The molecule has 2 aromatic rings. The van der Waals surface area contributed by atoms with Crippen LogP contribution in [0.25, 0.3) is 0 Å². The van der Waals surface area contributed by atoms with Gasteiger partial charge in [0.15, 0.2) is 5.96 Å². The first kappa shape index (κ1) is 13.9. The third-order valence-electron chi connectivity index (χ3n) is 2.34. The van der Waals surface area contributed by atoms with Crippen molar-refractivity contribution in [2.45, 2.75) is 0 Å². The zero-order valence-electron chi connectivity index (χ0n) is 9.56. The summed E-state index contributed by atoms with van der Waals surface area (Å²) in [4.78, 5) is 13.8. The Morgan fingerprint density at radius 2 is 1.84 bits per heavy atom. The summed E-state index contributed by atoms with van der Waals surface area (Å²) >= 11 is 12.9. The van der Waals surface area contributed by atoms with Crippen molar-refractivity contribution in [1.82, 2.24) is 0 Å². The SMILES string of the molecule is N=C(N)N(C(=O)c1sccc1Cl)c1ccc(Cl)cc1. The minimum absolute atomic E-state index is 0.340. The molecule has 0 aliphatic rings. The number of carbonyl (C=O) groups is 1. The molecule has 0 unspecified atom stereocenters. The van der Waals surface area contributed by atoms with Crippen LogP contribution in [0.2, 0.25) is 10.0 Å². The van der Waals surface area contributed by atoms with E-state index in [1.807, 2.05) is 0 Å². The Morgan fingerprint density at radius 3 is 2.32 bits per heavy atom. The van der Waals surface area contributed by atoms with Gasteiger partial charge < -0.3 is 5.73 Å². The van der Waals surface area contributed by atoms with Gasteiger partial charge in [-0.05, 0) is 35.7 Å². The number of anilines is 1. The minimum atomic E-state index is -0.435. The average Bonchev–Trinajstić information content (AvgIpc) is 2.78. The average molecular weight is 314 g/mol. The van der Waals surface area contributed by atoms with Crippen LogP contribution in [0.4, 0.5) is 5.69 Å². The summed E-state index contributed by atoms with van der Waals surface area (Å²) in [7, 11) is 0. The number of rotatable bonds is 2. The number of hydrogen-bond donors (Lipinski definition) is 2. The largest absolute Gasteiger partial charge is 0.369 e. The molecule has 1 heterocycles. The summed E-state index contributed by atoms with van der Waals surface area (Å²) in [5.74, 6) is -0.813. The van der Waals surface area contributed by atoms with Gasteiger partial charge in [0, 0.05) is 5.02 Å². The standard InChI is InChI=1S/C12H9Cl2N3OS/c13-7-1-3-8(4-2-7)17(12(15)16)11(18)10-9(14)5-6-19-10/h1-6H,(H3,15,16). The lowest BCUT2D eigenvalue weighted by Crippen LogP contribution is -2.41. The van der Waals surface area contributed by atoms with Crippen molar-refractivity contribution >= 4 is 52.1 Å². The molecule has 0 aliphatic heterocycles. The Labute approximate surface area is 123 Å². The molecule has 4 nitrogen and oxygen atoms in total. The van der Waals surface area contributed by atoms with Gasteiger partial charge in [0.1, 0.15) is 4.88 Å². The highest BCUT2D eigenvalue weighted by Crippen LogP contribution is 2.26. The Bertz CT molecular complexity index is 624. The maximum atomic E-state index is 12.4. The molecule has 0 radical (unpaired) electrons. The van der Waals surface area contributed by atoms with Gasteiger partial charge in [-0.1, -0.05) is 23.2 Å². The van der Waals surface area contributed by atoms with Crippen LogP contribution in [-0.4, -0.2) is 11.9 Å². The summed E-state index contributed by atoms with van der Waals surface area (Å²) < 4.78 is 0. The Morgan fingerprint density at radius 1 is 1.21 bits per heavy atom. The molecule has 19 heavy (non-hydrogen) atoms. The molecule has 0 atom stereocenters. The zero-order valence-corrected chi connectivity index (χ0v) is 11.9. The van der Waals surface area contributed by atoms with Crippen LogP contribution in [0.3, 0.4) is 0 Å². The molecule has 0 spiro atoms. The number of nitrogens with one attached hydrogen (secondary N) is 1. The van der Waals surface area contributed by atoms with Crippen LogP contribution < -0.4 is 10.6 Å². The van der Waals surface area contributed by atoms with Gasteiger partial charge in [0.25, 0.3) is 5.91 Å². The van der Waals surface area contributed by atoms with Crippen LogP contribution in [0.15, 0.2) is 35.7 Å². The molecular formula is C12H9Cl2N3OS. The molecule has 2 rings (SSSR count). The molecule has 0 fully saturated rings. The molecular weight excluding hydrogens is 305 g/mol. The minimum Gasteiger partial charge on any atom is -0.369 e. The molecule has 1 aromatic heterocycles. The lowest BCUT2D eigenvalue weighted by atomic mass is 10.2. The van der Waals surface area contributed by atoms with E-state index >= 15 is 0 Å². The molecule has 1 amide bonds. The van der Waals surface area contributed by atoms with Gasteiger partial charge in [0.2, 0.25) is 0 Å². The van der Waals surface area contributed by atoms with E-state index in [1.165, 1.54) is 11.3 Å². The second-order valence-corrected chi connectivity index (χ2v) is 5.36. The van der Waals surface area contributed by atoms with Crippen molar-refractivity contribution in [3.63, 3.8) is 0 Å². The Balaban J connectivity index is 2.41. The van der Waals surface area contributed by atoms with Crippen molar-refractivity contribution < 1.29 is 4.79 Å². The fraction of sp³-hybridized carbons (Fsp3) is 0. The molecule has 1 aromatic carbocycles. The first-order valence-corrected chi connectivity index (χ1v) is 6.81. The number of amides is 1. The predicted octanol–water partition coefficient (Wildman–Crippen LogP) is 3.60. The molecule has 0 saturated heterocycles. The zero-order chi connectivity index (χ0) is 14.0. The smallest absolute Gasteiger partial charge is 0.276 e. The summed E-state index contributed by atoms with van der Waals surface area (Å²) in [6.45, 7) is 0. The number of benzene rings is 1. The molecule has 0 bridgehead atoms. The number of halogens is 2. The van der Waals surface area contributed by atoms with E-state index in [0.29, 0.717) is 20.6 Å². The molecule has 7 heteroatoms. The first-order chi connectivity index (χ1) is 9.00. The predicted molar refractivity (Wildman–Crippen MR) is 79.5 cm³/mol. The van der Waals surface area contributed by atoms with E-state index in [2.05, 4.69) is 0 Å². The maximum absolute atomic E-state index is 12.4.